The zero-order chi connectivity index (χ0) is 17.6. The third-order valence-corrected chi connectivity index (χ3v) is 4.39. The summed E-state index contributed by atoms with van der Waals surface area (Å²) in [6.07, 6.45) is 2.43. The number of aryl methyl sites for hydroxylation is 1. The second-order valence-electron chi connectivity index (χ2n) is 6.55. The van der Waals surface area contributed by atoms with Crippen LogP contribution in [0.3, 0.4) is 0 Å². The highest BCUT2D eigenvalue weighted by Gasteiger charge is 2.17. The second-order valence-corrected chi connectivity index (χ2v) is 7.49. The van der Waals surface area contributed by atoms with Gasteiger partial charge < -0.3 is 10.6 Å². The minimum Gasteiger partial charge on any atom is -0.357 e. The average Bonchev–Trinajstić information content (AvgIpc) is 3.13. The molecule has 2 heterocycles. The fraction of sp³-hybridized carbons (Fsp3) is 0.625. The molecule has 7 nitrogen and oxygen atoms in total. The van der Waals surface area contributed by atoms with Gasteiger partial charge in [-0.2, -0.15) is 5.10 Å². The first-order valence-electron chi connectivity index (χ1n) is 8.20. The molecule has 0 amide bonds. The average molecular weight is 477 g/mol. The normalized spacial score (nSPS) is 12.0. The summed E-state index contributed by atoms with van der Waals surface area (Å²) >= 11 is 1.72. The van der Waals surface area contributed by atoms with Crippen LogP contribution in [0, 0.1) is 0 Å². The van der Waals surface area contributed by atoms with Gasteiger partial charge in [0.1, 0.15) is 18.7 Å². The molecule has 2 aromatic rings. The molecular formula is C16H28IN7S. The molecular weight excluding hydrogens is 449 g/mol. The number of thiazole rings is 1. The van der Waals surface area contributed by atoms with Gasteiger partial charge in [0.25, 0.3) is 0 Å². The van der Waals surface area contributed by atoms with Crippen LogP contribution in [0.5, 0.6) is 0 Å². The fourth-order valence-electron chi connectivity index (χ4n) is 2.01. The van der Waals surface area contributed by atoms with Crippen LogP contribution >= 0.6 is 35.3 Å². The molecule has 0 unspecified atom stereocenters. The Morgan fingerprint density at radius 2 is 2.08 bits per heavy atom. The predicted octanol–water partition coefficient (Wildman–Crippen LogP) is 2.48. The monoisotopic (exact) mass is 477 g/mol. The fourth-order valence-corrected chi connectivity index (χ4v) is 3.04. The van der Waals surface area contributed by atoms with E-state index in [-0.39, 0.29) is 29.4 Å². The Balaban J connectivity index is 0.00000312. The lowest BCUT2D eigenvalue weighted by atomic mass is 9.93. The van der Waals surface area contributed by atoms with Crippen molar-refractivity contribution in [1.29, 1.82) is 0 Å². The van der Waals surface area contributed by atoms with E-state index in [4.69, 9.17) is 4.98 Å². The minimum absolute atomic E-state index is 0. The van der Waals surface area contributed by atoms with Crippen molar-refractivity contribution in [3.63, 3.8) is 0 Å². The van der Waals surface area contributed by atoms with Gasteiger partial charge >= 0.3 is 0 Å². The first kappa shape index (κ1) is 21.8. The molecule has 0 atom stereocenters. The van der Waals surface area contributed by atoms with E-state index in [1.807, 2.05) is 7.05 Å². The summed E-state index contributed by atoms with van der Waals surface area (Å²) in [5.41, 5.74) is 1.26. The number of nitrogens with one attached hydrogen (secondary N) is 2. The lowest BCUT2D eigenvalue weighted by molar-refractivity contribution is 0.570. The summed E-state index contributed by atoms with van der Waals surface area (Å²) in [6, 6.07) is 0. The van der Waals surface area contributed by atoms with E-state index in [1.165, 1.54) is 0 Å². The van der Waals surface area contributed by atoms with Gasteiger partial charge in [-0.15, -0.1) is 35.3 Å². The molecule has 9 heteroatoms. The zero-order valence-electron chi connectivity index (χ0n) is 15.5. The van der Waals surface area contributed by atoms with Crippen LogP contribution in [-0.2, 0) is 25.4 Å². The maximum Gasteiger partial charge on any atom is 0.191 e. The van der Waals surface area contributed by atoms with Gasteiger partial charge in [0.05, 0.1) is 10.7 Å². The first-order chi connectivity index (χ1) is 11.4. The van der Waals surface area contributed by atoms with Crippen LogP contribution in [0.25, 0.3) is 0 Å². The predicted molar refractivity (Wildman–Crippen MR) is 114 cm³/mol. The van der Waals surface area contributed by atoms with Crippen LogP contribution in [0.2, 0.25) is 0 Å². The van der Waals surface area contributed by atoms with Crippen molar-refractivity contribution >= 4 is 41.3 Å². The molecule has 140 valence electrons. The van der Waals surface area contributed by atoms with Gasteiger partial charge in [0.2, 0.25) is 0 Å². The van der Waals surface area contributed by atoms with Crippen molar-refractivity contribution in [3.05, 3.63) is 28.2 Å². The SMILES string of the molecule is CCNC(=NCc1ncnn1C)NCCc1nc(C(C)(C)C)cs1.I. The summed E-state index contributed by atoms with van der Waals surface area (Å²) < 4.78 is 1.73. The van der Waals surface area contributed by atoms with Gasteiger partial charge in [-0.1, -0.05) is 20.8 Å². The number of nitrogens with zero attached hydrogens (tertiary/aromatic N) is 5. The molecule has 0 saturated heterocycles. The Hall–Kier alpha value is -1.23. The summed E-state index contributed by atoms with van der Waals surface area (Å²) in [6.45, 7) is 10.7. The lowest BCUT2D eigenvalue weighted by Gasteiger charge is -2.14. The van der Waals surface area contributed by atoms with Crippen molar-refractivity contribution in [2.24, 2.45) is 12.0 Å². The first-order valence-corrected chi connectivity index (χ1v) is 9.08. The molecule has 0 aliphatic heterocycles. The molecule has 0 spiro atoms. The van der Waals surface area contributed by atoms with E-state index >= 15 is 0 Å². The third-order valence-electron chi connectivity index (χ3n) is 3.48. The highest BCUT2D eigenvalue weighted by molar-refractivity contribution is 14.0. The molecule has 0 aliphatic carbocycles. The van der Waals surface area contributed by atoms with Crippen molar-refractivity contribution in [2.75, 3.05) is 13.1 Å². The molecule has 2 N–H and O–H groups in total. The highest BCUT2D eigenvalue weighted by Crippen LogP contribution is 2.23. The van der Waals surface area contributed by atoms with Crippen LogP contribution in [-0.4, -0.2) is 38.8 Å². The number of aliphatic imine (C=N–C) groups is 1. The highest BCUT2D eigenvalue weighted by atomic mass is 127. The summed E-state index contributed by atoms with van der Waals surface area (Å²) in [5.74, 6) is 1.62. The molecule has 0 saturated carbocycles. The van der Waals surface area contributed by atoms with Crippen molar-refractivity contribution in [1.82, 2.24) is 30.4 Å². The van der Waals surface area contributed by atoms with Crippen LogP contribution in [0.1, 0.15) is 44.2 Å². The molecule has 0 radical (unpaired) electrons. The van der Waals surface area contributed by atoms with E-state index in [2.05, 4.69) is 58.8 Å². The summed E-state index contributed by atoms with van der Waals surface area (Å²) in [7, 11) is 1.87. The van der Waals surface area contributed by atoms with Crippen LogP contribution < -0.4 is 10.6 Å². The topological polar surface area (TPSA) is 80.0 Å². The Morgan fingerprint density at radius 3 is 2.64 bits per heavy atom. The number of aromatic nitrogens is 4. The molecule has 0 bridgehead atoms. The Labute approximate surface area is 170 Å². The Kier molecular flexibility index (Phi) is 8.77. The van der Waals surface area contributed by atoms with Gasteiger partial charge in [0.15, 0.2) is 5.96 Å². The standard InChI is InChI=1S/C16H27N7S.HI/c1-6-17-15(19-9-13-20-11-21-23(13)5)18-8-7-14-22-12(10-24-14)16(2,3)4;/h10-11H,6-9H2,1-5H3,(H2,17,18,19);1H. The van der Waals surface area contributed by atoms with Crippen LogP contribution in [0.4, 0.5) is 0 Å². The van der Waals surface area contributed by atoms with Gasteiger partial charge in [-0.05, 0) is 6.92 Å². The van der Waals surface area contributed by atoms with Gasteiger partial charge in [-0.25, -0.2) is 15.0 Å². The largest absolute Gasteiger partial charge is 0.357 e. The number of rotatable bonds is 6. The molecule has 2 rings (SSSR count). The van der Waals surface area contributed by atoms with E-state index in [9.17, 15) is 0 Å². The smallest absolute Gasteiger partial charge is 0.191 e. The maximum absolute atomic E-state index is 4.72. The number of halogens is 1. The number of hydrogen-bond acceptors (Lipinski definition) is 5. The third kappa shape index (κ3) is 6.89. The van der Waals surface area contributed by atoms with E-state index < -0.39 is 0 Å². The summed E-state index contributed by atoms with van der Waals surface area (Å²) in [5, 5.41) is 13.9. The summed E-state index contributed by atoms with van der Waals surface area (Å²) in [4.78, 5) is 13.4. The lowest BCUT2D eigenvalue weighted by Crippen LogP contribution is -2.38. The Bertz CT molecular complexity index is 672. The number of guanidine groups is 1. The van der Waals surface area contributed by atoms with Gasteiger partial charge in [0, 0.05) is 37.4 Å². The van der Waals surface area contributed by atoms with Crippen molar-refractivity contribution in [3.8, 4) is 0 Å². The van der Waals surface area contributed by atoms with E-state index in [0.717, 1.165) is 42.0 Å². The van der Waals surface area contributed by atoms with Crippen LogP contribution in [0.15, 0.2) is 16.7 Å². The van der Waals surface area contributed by atoms with E-state index in [0.29, 0.717) is 6.54 Å². The van der Waals surface area contributed by atoms with Crippen molar-refractivity contribution < 1.29 is 0 Å². The van der Waals surface area contributed by atoms with Crippen molar-refractivity contribution in [2.45, 2.75) is 46.1 Å². The zero-order valence-corrected chi connectivity index (χ0v) is 18.7. The number of hydrogen-bond donors (Lipinski definition) is 2. The molecule has 0 fully saturated rings. The molecule has 25 heavy (non-hydrogen) atoms. The van der Waals surface area contributed by atoms with Gasteiger partial charge in [-0.3, -0.25) is 4.68 Å². The minimum atomic E-state index is 0. The quantitative estimate of drug-likeness (QED) is 0.380. The maximum atomic E-state index is 4.72. The molecule has 2 aromatic heterocycles. The second kappa shape index (κ2) is 10.0. The molecule has 0 aliphatic rings. The Morgan fingerprint density at radius 1 is 1.32 bits per heavy atom. The van der Waals surface area contributed by atoms with E-state index in [1.54, 1.807) is 22.3 Å². The molecule has 0 aromatic carbocycles.